The van der Waals surface area contributed by atoms with Crippen LogP contribution in [-0.2, 0) is 30.8 Å². The monoisotopic (exact) mass is 566 g/mol. The molecule has 0 aliphatic heterocycles. The lowest BCUT2D eigenvalue weighted by atomic mass is 10.0. The third kappa shape index (κ3) is 9.29. The molecule has 218 valence electrons. The summed E-state index contributed by atoms with van der Waals surface area (Å²) < 4.78 is 15.7. The van der Waals surface area contributed by atoms with E-state index >= 15 is 0 Å². The summed E-state index contributed by atoms with van der Waals surface area (Å²) in [5.74, 6) is 0.509. The molecule has 0 atom stereocenters. The molecular weight excluding hydrogens is 532 g/mol. The number of carbonyl (C=O) groups excluding carboxylic acids is 1. The number of allylic oxidation sites excluding steroid dienone is 2. The minimum Gasteiger partial charge on any atom is -0.496 e. The van der Waals surface area contributed by atoms with Crippen LogP contribution in [0.1, 0.15) is 40.0 Å². The van der Waals surface area contributed by atoms with E-state index in [1.807, 2.05) is 18.2 Å². The van der Waals surface area contributed by atoms with Crippen LogP contribution in [0, 0.1) is 20.2 Å². The summed E-state index contributed by atoms with van der Waals surface area (Å²) in [7, 11) is 3.14. The fraction of sp³-hybridized carbons (Fsp3) is 0.233. The van der Waals surface area contributed by atoms with Gasteiger partial charge in [-0.25, -0.2) is 4.79 Å². The Kier molecular flexibility index (Phi) is 14.0. The predicted octanol–water partition coefficient (Wildman–Crippen LogP) is 6.15. The Balaban J connectivity index is 0.000000505. The van der Waals surface area contributed by atoms with Gasteiger partial charge in [-0.05, 0) is 36.1 Å². The number of benzene rings is 3. The number of nitrogens with zero attached hydrogens (tertiary/aromatic N) is 2. The average molecular weight is 567 g/mol. The number of methoxy groups -OCH3 is 2. The van der Waals surface area contributed by atoms with Gasteiger partial charge in [0, 0.05) is 23.3 Å². The van der Waals surface area contributed by atoms with Crippen molar-refractivity contribution >= 4 is 17.3 Å². The van der Waals surface area contributed by atoms with Crippen molar-refractivity contribution < 1.29 is 34.0 Å². The van der Waals surface area contributed by atoms with Crippen molar-refractivity contribution in [3.8, 4) is 11.5 Å². The minimum atomic E-state index is -0.908. The minimum absolute atomic E-state index is 0. The van der Waals surface area contributed by atoms with Crippen molar-refractivity contribution in [1.29, 1.82) is 0 Å². The maximum absolute atomic E-state index is 12.3. The molecule has 11 heteroatoms. The highest BCUT2D eigenvalue weighted by molar-refractivity contribution is 5.91. The third-order valence-corrected chi connectivity index (χ3v) is 5.69. The lowest BCUT2D eigenvalue weighted by Gasteiger charge is -2.13. The van der Waals surface area contributed by atoms with E-state index in [0.717, 1.165) is 47.1 Å². The highest BCUT2D eigenvalue weighted by Gasteiger charge is 2.21. The zero-order chi connectivity index (χ0) is 29.7. The second kappa shape index (κ2) is 16.8. The topological polar surface area (TPSA) is 151 Å². The van der Waals surface area contributed by atoms with E-state index in [1.54, 1.807) is 37.5 Å². The molecule has 0 fully saturated rings. The molecule has 3 rings (SSSR count). The SMILES string of the molecule is C.C=CCc1c(CO)cccc1OC.C=CCc1c(COC(=O)c2cc([N+](=O)[O-])cc([N+](=O)[O-])c2)cccc1OC. The van der Waals surface area contributed by atoms with Crippen molar-refractivity contribution in [2.45, 2.75) is 33.5 Å². The van der Waals surface area contributed by atoms with Crippen molar-refractivity contribution in [3.05, 3.63) is 128 Å². The standard InChI is InChI=1S/C18H16N2O7.C11H14O2.CH4/c1-3-5-16-12(6-4-7-17(16)26-2)11-27-18(21)13-8-14(19(22)23)10-15(9-13)20(24)25;1-3-5-10-9(8-12)6-4-7-11(10)13-2;/h3-4,6-10H,1,5,11H2,2H3;3-4,6-7,12H,1,5,8H2,2H3;1H4. The van der Waals surface area contributed by atoms with E-state index in [-0.39, 0.29) is 26.2 Å². The lowest BCUT2D eigenvalue weighted by Crippen LogP contribution is -2.08. The van der Waals surface area contributed by atoms with Crippen molar-refractivity contribution in [2.75, 3.05) is 14.2 Å². The van der Waals surface area contributed by atoms with Gasteiger partial charge in [-0.2, -0.15) is 0 Å². The van der Waals surface area contributed by atoms with Gasteiger partial charge < -0.3 is 19.3 Å². The number of ether oxygens (including phenoxy) is 3. The molecule has 0 amide bonds. The lowest BCUT2D eigenvalue weighted by molar-refractivity contribution is -0.394. The molecule has 0 bridgehead atoms. The molecule has 0 heterocycles. The van der Waals surface area contributed by atoms with Crippen molar-refractivity contribution in [3.63, 3.8) is 0 Å². The molecule has 0 saturated carbocycles. The van der Waals surface area contributed by atoms with E-state index in [4.69, 9.17) is 19.3 Å². The van der Waals surface area contributed by atoms with Crippen LogP contribution in [0.2, 0.25) is 0 Å². The first-order chi connectivity index (χ1) is 19.2. The van der Waals surface area contributed by atoms with Gasteiger partial charge in [-0.15, -0.1) is 13.2 Å². The number of hydrogen-bond donors (Lipinski definition) is 1. The van der Waals surface area contributed by atoms with Gasteiger partial charge in [0.2, 0.25) is 0 Å². The molecular formula is C30H34N2O9. The Morgan fingerprint density at radius 3 is 1.73 bits per heavy atom. The molecule has 0 saturated heterocycles. The van der Waals surface area contributed by atoms with Gasteiger partial charge >= 0.3 is 5.97 Å². The zero-order valence-electron chi connectivity index (χ0n) is 22.2. The Morgan fingerprint density at radius 1 is 0.854 bits per heavy atom. The van der Waals surface area contributed by atoms with Gasteiger partial charge in [-0.1, -0.05) is 43.8 Å². The van der Waals surface area contributed by atoms with Gasteiger partial charge in [0.05, 0.1) is 42.3 Å². The highest BCUT2D eigenvalue weighted by atomic mass is 16.6. The Morgan fingerprint density at radius 2 is 1.32 bits per heavy atom. The molecule has 0 radical (unpaired) electrons. The van der Waals surface area contributed by atoms with E-state index in [2.05, 4.69) is 13.2 Å². The van der Waals surface area contributed by atoms with Crippen LogP contribution in [0.25, 0.3) is 0 Å². The number of esters is 1. The van der Waals surface area contributed by atoms with Gasteiger partial charge in [0.1, 0.15) is 18.1 Å². The van der Waals surface area contributed by atoms with Gasteiger partial charge in [0.25, 0.3) is 11.4 Å². The van der Waals surface area contributed by atoms with Crippen molar-refractivity contribution in [2.24, 2.45) is 0 Å². The number of rotatable bonds is 12. The Labute approximate surface area is 238 Å². The summed E-state index contributed by atoms with van der Waals surface area (Å²) >= 11 is 0. The number of carbonyl (C=O) groups is 1. The molecule has 3 aromatic carbocycles. The summed E-state index contributed by atoms with van der Waals surface area (Å²) in [4.78, 5) is 32.5. The second-order valence-corrected chi connectivity index (χ2v) is 8.17. The molecule has 0 aromatic heterocycles. The maximum atomic E-state index is 12.3. The molecule has 41 heavy (non-hydrogen) atoms. The van der Waals surface area contributed by atoms with Crippen LogP contribution < -0.4 is 9.47 Å². The quantitative estimate of drug-likeness (QED) is 0.118. The molecule has 3 aromatic rings. The van der Waals surface area contributed by atoms with Crippen LogP contribution in [0.4, 0.5) is 11.4 Å². The van der Waals surface area contributed by atoms with Crippen LogP contribution in [0.15, 0.2) is 79.9 Å². The molecule has 0 aliphatic carbocycles. The van der Waals surface area contributed by atoms with E-state index < -0.39 is 27.2 Å². The van der Waals surface area contributed by atoms with Crippen molar-refractivity contribution in [1.82, 2.24) is 0 Å². The Hall–Kier alpha value is -5.03. The van der Waals surface area contributed by atoms with Crippen LogP contribution in [0.3, 0.4) is 0 Å². The van der Waals surface area contributed by atoms with Crippen LogP contribution in [0.5, 0.6) is 11.5 Å². The third-order valence-electron chi connectivity index (χ3n) is 5.69. The number of nitro groups is 2. The van der Waals surface area contributed by atoms with E-state index in [1.165, 1.54) is 7.11 Å². The highest BCUT2D eigenvalue weighted by Crippen LogP contribution is 2.26. The number of hydrogen-bond acceptors (Lipinski definition) is 9. The first-order valence-electron chi connectivity index (χ1n) is 11.9. The van der Waals surface area contributed by atoms with Crippen LogP contribution >= 0.6 is 0 Å². The largest absolute Gasteiger partial charge is 0.496 e. The van der Waals surface area contributed by atoms with E-state index in [0.29, 0.717) is 17.7 Å². The normalized spacial score (nSPS) is 9.73. The molecule has 0 unspecified atom stereocenters. The molecule has 0 spiro atoms. The van der Waals surface area contributed by atoms with E-state index in [9.17, 15) is 25.0 Å². The summed E-state index contributed by atoms with van der Waals surface area (Å²) in [5, 5.41) is 30.9. The number of non-ortho nitro benzene ring substituents is 2. The summed E-state index contributed by atoms with van der Waals surface area (Å²) in [5.41, 5.74) is 1.97. The second-order valence-electron chi connectivity index (χ2n) is 8.17. The fourth-order valence-corrected chi connectivity index (χ4v) is 3.79. The number of aliphatic hydroxyl groups is 1. The molecule has 1 N–H and O–H groups in total. The number of aliphatic hydroxyl groups excluding tert-OH is 1. The fourth-order valence-electron chi connectivity index (χ4n) is 3.79. The van der Waals surface area contributed by atoms with Gasteiger partial charge in [0.15, 0.2) is 0 Å². The first kappa shape index (κ1) is 34.0. The molecule has 0 aliphatic rings. The zero-order valence-corrected chi connectivity index (χ0v) is 22.2. The molecule has 11 nitrogen and oxygen atoms in total. The van der Waals surface area contributed by atoms with Gasteiger partial charge in [-0.3, -0.25) is 20.2 Å². The van der Waals surface area contributed by atoms with Crippen LogP contribution in [-0.4, -0.2) is 35.1 Å². The summed E-state index contributed by atoms with van der Waals surface area (Å²) in [6, 6.07) is 13.5. The Bertz CT molecular complexity index is 1330. The summed E-state index contributed by atoms with van der Waals surface area (Å²) in [6.45, 7) is 7.26. The average Bonchev–Trinajstić information content (AvgIpc) is 2.96. The smallest absolute Gasteiger partial charge is 0.338 e. The summed E-state index contributed by atoms with van der Waals surface area (Å²) in [6.07, 6.45) is 4.68. The first-order valence-corrected chi connectivity index (χ1v) is 11.9. The number of nitro benzene ring substituents is 2. The maximum Gasteiger partial charge on any atom is 0.338 e. The predicted molar refractivity (Wildman–Crippen MR) is 155 cm³/mol.